The molecule has 0 amide bonds. The van der Waals surface area contributed by atoms with Crippen molar-refractivity contribution < 1.29 is 28.5 Å². The summed E-state index contributed by atoms with van der Waals surface area (Å²) in [5, 5.41) is -0.361. The Labute approximate surface area is 106 Å². The molecule has 16 heavy (non-hydrogen) atoms. The van der Waals surface area contributed by atoms with E-state index in [0.717, 1.165) is 16.8 Å². The van der Waals surface area contributed by atoms with Crippen LogP contribution in [0.15, 0.2) is 0 Å². The van der Waals surface area contributed by atoms with Crippen LogP contribution in [0.1, 0.15) is 6.92 Å². The lowest BCUT2D eigenvalue weighted by Gasteiger charge is -2.22. The average molecular weight is 296 g/mol. The zero-order chi connectivity index (χ0) is 14.0. The number of nitrogens with zero attached hydrogens (tertiary/aromatic N) is 1. The Kier molecular flexibility index (Phi) is 14.2. The van der Waals surface area contributed by atoms with Gasteiger partial charge in [0.15, 0.2) is 0 Å². The van der Waals surface area contributed by atoms with Gasteiger partial charge in [0.05, 0.1) is 27.7 Å². The summed E-state index contributed by atoms with van der Waals surface area (Å²) in [4.78, 5) is 32.1. The molecule has 0 aliphatic rings. The molecule has 0 saturated carbocycles. The normalized spacial score (nSPS) is 10.6. The topological polar surface area (TPSA) is 97.7 Å². The molecule has 0 aromatic rings. The summed E-state index contributed by atoms with van der Waals surface area (Å²) >= 11 is 8.73. The predicted molar refractivity (Wildman–Crippen MR) is 65.3 cm³/mol. The molecule has 9 heteroatoms. The summed E-state index contributed by atoms with van der Waals surface area (Å²) in [5.74, 6) is 0.976. The molecule has 0 aromatic carbocycles. The van der Waals surface area contributed by atoms with E-state index in [1.54, 1.807) is 0 Å². The van der Waals surface area contributed by atoms with E-state index in [1.165, 1.54) is 6.92 Å². The maximum Gasteiger partial charge on any atom is 0.262 e. The largest absolute Gasteiger partial charge is 0.756 e. The van der Waals surface area contributed by atoms with Gasteiger partial charge in [-0.3, -0.25) is 9.36 Å². The van der Waals surface area contributed by atoms with E-state index in [9.17, 15) is 4.79 Å². The highest BCUT2D eigenvalue weighted by atomic mass is 35.5. The Balaban J connectivity index is -0.000000166. The summed E-state index contributed by atoms with van der Waals surface area (Å²) in [6.07, 6.45) is 0. The van der Waals surface area contributed by atoms with Crippen molar-refractivity contribution in [2.75, 3.05) is 33.4 Å². The number of thiol groups is 1. The van der Waals surface area contributed by atoms with Gasteiger partial charge < -0.3 is 19.2 Å². The third-order valence-electron chi connectivity index (χ3n) is 0.771. The Morgan fingerprint density at radius 3 is 1.62 bits per heavy atom. The van der Waals surface area contributed by atoms with Crippen LogP contribution in [0, 0.1) is 0 Å². The zero-order valence-corrected chi connectivity index (χ0v) is 12.3. The molecule has 0 radical (unpaired) electrons. The first-order valence-corrected chi connectivity index (χ1v) is 6.67. The van der Waals surface area contributed by atoms with Crippen molar-refractivity contribution in [2.45, 2.75) is 6.92 Å². The quantitative estimate of drug-likeness (QED) is 0.284. The SMILES string of the molecule is CC(=O)Cl.C[N+](C)(C)CCS.O=P([O-])(O)O. The van der Waals surface area contributed by atoms with Gasteiger partial charge in [-0.2, -0.15) is 12.6 Å². The summed E-state index contributed by atoms with van der Waals surface area (Å²) in [7, 11) is 1.60. The highest BCUT2D eigenvalue weighted by molar-refractivity contribution is 7.80. The maximum atomic E-state index is 9.21. The number of halogens is 1. The standard InChI is InChI=1S/C5H13NS.C2H3ClO.H3O4P/c1-6(2,3)4-5-7;1-2(3)4;1-5(2,3)4/h4-5H2,1-3H3;1H3;(H3,1,2,3,4). The van der Waals surface area contributed by atoms with Crippen molar-refractivity contribution in [1.29, 1.82) is 0 Å². The number of phosphoric acid groups is 1. The molecule has 0 rings (SSSR count). The Bertz CT molecular complexity index is 215. The second-order valence-electron chi connectivity index (χ2n) is 3.70. The molecule has 0 bridgehead atoms. The van der Waals surface area contributed by atoms with Crippen LogP contribution in [0.25, 0.3) is 0 Å². The van der Waals surface area contributed by atoms with Crippen LogP contribution in [-0.2, 0) is 9.36 Å². The fourth-order valence-corrected chi connectivity index (χ4v) is 0.900. The summed E-state index contributed by atoms with van der Waals surface area (Å²) in [6, 6.07) is 0. The van der Waals surface area contributed by atoms with Crippen molar-refractivity contribution in [1.82, 2.24) is 0 Å². The number of carbonyl (C=O) groups excluding carboxylic acids is 1. The van der Waals surface area contributed by atoms with E-state index in [4.69, 9.17) is 19.2 Å². The molecular weight excluding hydrogens is 277 g/mol. The van der Waals surface area contributed by atoms with Gasteiger partial charge in [-0.15, -0.1) is 0 Å². The monoisotopic (exact) mass is 295 g/mol. The van der Waals surface area contributed by atoms with Gasteiger partial charge in [0.1, 0.15) is 0 Å². The molecule has 0 saturated heterocycles. The van der Waals surface area contributed by atoms with Gasteiger partial charge in [-0.05, 0) is 11.6 Å². The molecule has 0 aliphatic heterocycles. The molecule has 0 heterocycles. The first-order valence-electron chi connectivity index (χ1n) is 4.13. The predicted octanol–water partition coefficient (Wildman–Crippen LogP) is -0.166. The summed E-state index contributed by atoms with van der Waals surface area (Å²) in [5.41, 5.74) is 0. The van der Waals surface area contributed by atoms with Crippen LogP contribution in [0.2, 0.25) is 0 Å². The third-order valence-corrected chi connectivity index (χ3v) is 0.971. The van der Waals surface area contributed by atoms with Gasteiger partial charge in [0, 0.05) is 12.7 Å². The average Bonchev–Trinajstić information content (AvgIpc) is 1.76. The van der Waals surface area contributed by atoms with Crippen molar-refractivity contribution in [2.24, 2.45) is 0 Å². The highest BCUT2D eigenvalue weighted by Gasteiger charge is 2.01. The van der Waals surface area contributed by atoms with Crippen LogP contribution in [-0.4, -0.2) is 53.0 Å². The van der Waals surface area contributed by atoms with E-state index in [0.29, 0.717) is 0 Å². The van der Waals surface area contributed by atoms with Crippen molar-refractivity contribution >= 4 is 37.3 Å². The van der Waals surface area contributed by atoms with E-state index in [-0.39, 0.29) is 5.24 Å². The lowest BCUT2D eigenvalue weighted by molar-refractivity contribution is -0.867. The zero-order valence-electron chi connectivity index (χ0n) is 9.75. The van der Waals surface area contributed by atoms with Gasteiger partial charge in [-0.1, -0.05) is 0 Å². The molecule has 0 fully saturated rings. The minimum atomic E-state index is -4.89. The summed E-state index contributed by atoms with van der Waals surface area (Å²) < 4.78 is 9.79. The highest BCUT2D eigenvalue weighted by Crippen LogP contribution is 2.18. The number of hydrogen-bond donors (Lipinski definition) is 3. The van der Waals surface area contributed by atoms with Gasteiger partial charge in [0.25, 0.3) is 7.82 Å². The van der Waals surface area contributed by atoms with E-state index in [2.05, 4.69) is 45.4 Å². The molecule has 0 aromatic heterocycles. The van der Waals surface area contributed by atoms with Crippen LogP contribution >= 0.6 is 32.1 Å². The Hall–Kier alpha value is 0.380. The summed E-state index contributed by atoms with van der Waals surface area (Å²) in [6.45, 7) is 2.44. The number of rotatable bonds is 2. The number of hydrogen-bond acceptors (Lipinski definition) is 4. The molecular formula is C7H19ClNO5PS. The minimum absolute atomic E-state index is 0.361. The Morgan fingerprint density at radius 1 is 1.44 bits per heavy atom. The van der Waals surface area contributed by atoms with Crippen molar-refractivity contribution in [3.8, 4) is 0 Å². The second kappa shape index (κ2) is 10.5. The smallest absolute Gasteiger partial charge is 0.262 e. The fourth-order valence-electron chi connectivity index (χ4n) is 0.300. The van der Waals surface area contributed by atoms with Gasteiger partial charge >= 0.3 is 0 Å². The van der Waals surface area contributed by atoms with Crippen LogP contribution in [0.5, 0.6) is 0 Å². The van der Waals surface area contributed by atoms with Crippen molar-refractivity contribution in [3.05, 3.63) is 0 Å². The van der Waals surface area contributed by atoms with E-state index in [1.807, 2.05) is 0 Å². The van der Waals surface area contributed by atoms with E-state index >= 15 is 0 Å². The molecule has 0 unspecified atom stereocenters. The third kappa shape index (κ3) is 134. The molecule has 6 nitrogen and oxygen atoms in total. The molecule has 2 N–H and O–H groups in total. The Morgan fingerprint density at radius 2 is 1.62 bits per heavy atom. The number of carbonyl (C=O) groups is 1. The fraction of sp³-hybridized carbons (Fsp3) is 0.857. The molecule has 100 valence electrons. The van der Waals surface area contributed by atoms with Crippen molar-refractivity contribution in [3.63, 3.8) is 0 Å². The minimum Gasteiger partial charge on any atom is -0.756 e. The number of quaternary nitrogens is 1. The van der Waals surface area contributed by atoms with Crippen LogP contribution < -0.4 is 4.89 Å². The first kappa shape index (κ1) is 21.6. The lowest BCUT2D eigenvalue weighted by atomic mass is 10.6. The van der Waals surface area contributed by atoms with Gasteiger partial charge in [0.2, 0.25) is 5.24 Å². The lowest BCUT2D eigenvalue weighted by Crippen LogP contribution is -2.36. The first-order chi connectivity index (χ1) is 6.79. The van der Waals surface area contributed by atoms with Gasteiger partial charge in [-0.25, -0.2) is 0 Å². The van der Waals surface area contributed by atoms with Crippen LogP contribution in [0.4, 0.5) is 0 Å². The second-order valence-corrected chi connectivity index (χ2v) is 5.66. The van der Waals surface area contributed by atoms with Crippen LogP contribution in [0.3, 0.4) is 0 Å². The molecule has 0 aliphatic carbocycles. The molecule has 0 spiro atoms. The molecule has 0 atom stereocenters. The van der Waals surface area contributed by atoms with E-state index < -0.39 is 7.82 Å². The maximum absolute atomic E-state index is 9.21.